The highest BCUT2D eigenvalue weighted by atomic mass is 16.7. The molecule has 140 valence electrons. The van der Waals surface area contributed by atoms with Gasteiger partial charge in [0.2, 0.25) is 0 Å². The Kier molecular flexibility index (Phi) is 14.1. The number of rotatable bonds is 14. The summed E-state index contributed by atoms with van der Waals surface area (Å²) in [5, 5.41) is 9.98. The fourth-order valence-corrected chi connectivity index (χ4v) is 2.82. The molecule has 0 aliphatic carbocycles. The third-order valence-corrected chi connectivity index (χ3v) is 4.40. The largest absolute Gasteiger partial charge is 0.393 e. The van der Waals surface area contributed by atoms with E-state index in [0.717, 1.165) is 58.2 Å². The van der Waals surface area contributed by atoms with Gasteiger partial charge in [0.25, 0.3) is 0 Å². The van der Waals surface area contributed by atoms with Gasteiger partial charge in [-0.05, 0) is 51.4 Å². The molecular formula is C21H38O3. The van der Waals surface area contributed by atoms with E-state index in [-0.39, 0.29) is 12.4 Å². The van der Waals surface area contributed by atoms with E-state index in [9.17, 15) is 5.11 Å². The van der Waals surface area contributed by atoms with Crippen molar-refractivity contribution in [3.8, 4) is 0 Å². The molecular weight excluding hydrogens is 300 g/mol. The van der Waals surface area contributed by atoms with Crippen molar-refractivity contribution in [3.05, 3.63) is 24.3 Å². The van der Waals surface area contributed by atoms with Crippen molar-refractivity contribution in [1.29, 1.82) is 0 Å². The van der Waals surface area contributed by atoms with E-state index >= 15 is 0 Å². The number of unbranched alkanes of at least 4 members (excludes halogenated alkanes) is 4. The summed E-state index contributed by atoms with van der Waals surface area (Å²) in [6.45, 7) is 3.84. The second kappa shape index (κ2) is 15.9. The molecule has 0 amide bonds. The lowest BCUT2D eigenvalue weighted by atomic mass is 10.1. The van der Waals surface area contributed by atoms with Crippen LogP contribution in [0.25, 0.3) is 0 Å². The van der Waals surface area contributed by atoms with E-state index in [1.54, 1.807) is 0 Å². The summed E-state index contributed by atoms with van der Waals surface area (Å²) in [7, 11) is 0. The van der Waals surface area contributed by atoms with Crippen LogP contribution in [0.15, 0.2) is 24.3 Å². The summed E-state index contributed by atoms with van der Waals surface area (Å²) < 4.78 is 11.3. The third kappa shape index (κ3) is 12.7. The number of hydrogen-bond donors (Lipinski definition) is 1. The first-order valence-corrected chi connectivity index (χ1v) is 10.1. The highest BCUT2D eigenvalue weighted by molar-refractivity contribution is 5.02. The first-order valence-electron chi connectivity index (χ1n) is 10.1. The SMILES string of the molecule is CCCC/C=C/C=C\CCC(O)CCCCCOC1CCCCO1. The van der Waals surface area contributed by atoms with Crippen LogP contribution in [0.5, 0.6) is 0 Å². The van der Waals surface area contributed by atoms with Crippen LogP contribution >= 0.6 is 0 Å². The Morgan fingerprint density at radius 1 is 1.04 bits per heavy atom. The van der Waals surface area contributed by atoms with Crippen molar-refractivity contribution in [2.75, 3.05) is 13.2 Å². The Balaban J connectivity index is 1.86. The van der Waals surface area contributed by atoms with Crippen LogP contribution < -0.4 is 0 Å². The minimum atomic E-state index is -0.165. The average molecular weight is 339 g/mol. The summed E-state index contributed by atoms with van der Waals surface area (Å²) in [4.78, 5) is 0. The zero-order chi connectivity index (χ0) is 17.3. The summed E-state index contributed by atoms with van der Waals surface area (Å²) in [6.07, 6.45) is 21.6. The van der Waals surface area contributed by atoms with E-state index < -0.39 is 0 Å². The molecule has 1 fully saturated rings. The Morgan fingerprint density at radius 2 is 1.88 bits per heavy atom. The lowest BCUT2D eigenvalue weighted by molar-refractivity contribution is -0.162. The maximum atomic E-state index is 9.98. The average Bonchev–Trinajstić information content (AvgIpc) is 2.61. The normalized spacial score (nSPS) is 20.2. The predicted octanol–water partition coefficient (Wildman–Crippen LogP) is 5.53. The molecule has 0 aromatic rings. The van der Waals surface area contributed by atoms with E-state index in [4.69, 9.17) is 9.47 Å². The summed E-state index contributed by atoms with van der Waals surface area (Å²) in [6, 6.07) is 0. The molecule has 2 unspecified atom stereocenters. The Morgan fingerprint density at radius 3 is 2.62 bits per heavy atom. The van der Waals surface area contributed by atoms with Crippen molar-refractivity contribution in [2.45, 2.75) is 96.4 Å². The van der Waals surface area contributed by atoms with Gasteiger partial charge in [-0.25, -0.2) is 0 Å². The second-order valence-electron chi connectivity index (χ2n) is 6.75. The quantitative estimate of drug-likeness (QED) is 0.334. The fourth-order valence-electron chi connectivity index (χ4n) is 2.82. The molecule has 3 nitrogen and oxygen atoms in total. The Hall–Kier alpha value is -0.640. The Labute approximate surface area is 149 Å². The van der Waals surface area contributed by atoms with Gasteiger partial charge in [-0.2, -0.15) is 0 Å². The predicted molar refractivity (Wildman–Crippen MR) is 101 cm³/mol. The molecule has 1 rings (SSSR count). The van der Waals surface area contributed by atoms with Gasteiger partial charge in [0.1, 0.15) is 0 Å². The minimum Gasteiger partial charge on any atom is -0.393 e. The molecule has 0 radical (unpaired) electrons. The van der Waals surface area contributed by atoms with Crippen molar-refractivity contribution in [1.82, 2.24) is 0 Å². The lowest BCUT2D eigenvalue weighted by Crippen LogP contribution is -2.22. The first-order chi connectivity index (χ1) is 11.8. The highest BCUT2D eigenvalue weighted by Gasteiger charge is 2.13. The molecule has 1 saturated heterocycles. The van der Waals surface area contributed by atoms with Gasteiger partial charge in [-0.1, -0.05) is 56.9 Å². The first kappa shape index (κ1) is 21.4. The van der Waals surface area contributed by atoms with Crippen LogP contribution in [0.1, 0.15) is 84.0 Å². The highest BCUT2D eigenvalue weighted by Crippen LogP contribution is 2.15. The van der Waals surface area contributed by atoms with E-state index in [2.05, 4.69) is 31.2 Å². The fraction of sp³-hybridized carbons (Fsp3) is 0.810. The molecule has 0 aromatic heterocycles. The zero-order valence-corrected chi connectivity index (χ0v) is 15.6. The van der Waals surface area contributed by atoms with Crippen LogP contribution in [0, 0.1) is 0 Å². The van der Waals surface area contributed by atoms with Gasteiger partial charge >= 0.3 is 0 Å². The summed E-state index contributed by atoms with van der Waals surface area (Å²) >= 11 is 0. The van der Waals surface area contributed by atoms with Gasteiger partial charge in [-0.3, -0.25) is 0 Å². The van der Waals surface area contributed by atoms with E-state index in [1.807, 2.05) is 0 Å². The molecule has 1 aliphatic rings. The lowest BCUT2D eigenvalue weighted by Gasteiger charge is -2.22. The molecule has 0 spiro atoms. The summed E-state index contributed by atoms with van der Waals surface area (Å²) in [5.41, 5.74) is 0. The van der Waals surface area contributed by atoms with Crippen LogP contribution in [-0.4, -0.2) is 30.7 Å². The molecule has 0 bridgehead atoms. The zero-order valence-electron chi connectivity index (χ0n) is 15.6. The molecule has 1 heterocycles. The molecule has 3 heteroatoms. The van der Waals surface area contributed by atoms with Crippen molar-refractivity contribution in [2.24, 2.45) is 0 Å². The van der Waals surface area contributed by atoms with Gasteiger partial charge < -0.3 is 14.6 Å². The molecule has 2 atom stereocenters. The van der Waals surface area contributed by atoms with E-state index in [0.29, 0.717) is 0 Å². The molecule has 1 aliphatic heterocycles. The van der Waals surface area contributed by atoms with E-state index in [1.165, 1.54) is 32.1 Å². The van der Waals surface area contributed by atoms with Crippen LogP contribution in [-0.2, 0) is 9.47 Å². The topological polar surface area (TPSA) is 38.7 Å². The van der Waals surface area contributed by atoms with Crippen LogP contribution in [0.2, 0.25) is 0 Å². The monoisotopic (exact) mass is 338 g/mol. The van der Waals surface area contributed by atoms with Crippen LogP contribution in [0.4, 0.5) is 0 Å². The third-order valence-electron chi connectivity index (χ3n) is 4.40. The van der Waals surface area contributed by atoms with Crippen molar-refractivity contribution < 1.29 is 14.6 Å². The molecule has 0 saturated carbocycles. The molecule has 0 aromatic carbocycles. The van der Waals surface area contributed by atoms with Gasteiger partial charge in [-0.15, -0.1) is 0 Å². The number of ether oxygens (including phenoxy) is 2. The number of hydrogen-bond acceptors (Lipinski definition) is 3. The Bertz CT molecular complexity index is 319. The smallest absolute Gasteiger partial charge is 0.157 e. The standard InChI is InChI=1S/C21H38O3/c1-2-3-4-5-6-7-8-10-15-20(22)16-11-9-13-18-23-21-17-12-14-19-24-21/h5-8,20-22H,2-4,9-19H2,1H3/b6-5+,8-7-. The van der Waals surface area contributed by atoms with Crippen LogP contribution in [0.3, 0.4) is 0 Å². The summed E-state index contributed by atoms with van der Waals surface area (Å²) in [5.74, 6) is 0. The van der Waals surface area contributed by atoms with Crippen molar-refractivity contribution >= 4 is 0 Å². The van der Waals surface area contributed by atoms with Gasteiger partial charge in [0, 0.05) is 13.2 Å². The number of aliphatic hydroxyl groups is 1. The minimum absolute atomic E-state index is 0.0344. The van der Waals surface area contributed by atoms with Gasteiger partial charge in [0.05, 0.1) is 6.10 Å². The maximum absolute atomic E-state index is 9.98. The number of aliphatic hydroxyl groups excluding tert-OH is 1. The van der Waals surface area contributed by atoms with Gasteiger partial charge in [0.15, 0.2) is 6.29 Å². The molecule has 1 N–H and O–H groups in total. The second-order valence-corrected chi connectivity index (χ2v) is 6.75. The van der Waals surface area contributed by atoms with Crippen molar-refractivity contribution in [3.63, 3.8) is 0 Å². The maximum Gasteiger partial charge on any atom is 0.157 e. The molecule has 24 heavy (non-hydrogen) atoms. The number of allylic oxidation sites excluding steroid dienone is 4.